The first kappa shape index (κ1) is 10.0. The fraction of sp³-hybridized carbons (Fsp3) is 0.100. The Morgan fingerprint density at radius 2 is 2.20 bits per heavy atom. The van der Waals surface area contributed by atoms with Crippen LogP contribution in [-0.2, 0) is 0 Å². The van der Waals surface area contributed by atoms with Crippen LogP contribution in [0.25, 0.3) is 11.3 Å². The number of anilines is 1. The first-order valence-electron chi connectivity index (χ1n) is 4.27. The maximum atomic E-state index is 13.4. The molecule has 0 radical (unpaired) electrons. The van der Waals surface area contributed by atoms with Gasteiger partial charge in [-0.2, -0.15) is 0 Å². The summed E-state index contributed by atoms with van der Waals surface area (Å²) >= 11 is 1.36. The number of nitrogens with two attached hydrogens (primary N) is 1. The zero-order valence-corrected chi connectivity index (χ0v) is 8.84. The zero-order valence-electron chi connectivity index (χ0n) is 8.03. The first-order chi connectivity index (χ1) is 7.20. The lowest BCUT2D eigenvalue weighted by Crippen LogP contribution is -1.83. The molecule has 0 bridgehead atoms. The lowest BCUT2D eigenvalue weighted by molar-refractivity contribution is 0.439. The third-order valence-electron chi connectivity index (χ3n) is 1.98. The molecule has 0 atom stereocenters. The number of hydrogen-bond acceptors (Lipinski definition) is 4. The second-order valence-corrected chi connectivity index (χ2v) is 3.81. The monoisotopic (exact) mass is 224 g/mol. The van der Waals surface area contributed by atoms with Crippen molar-refractivity contribution in [3.63, 3.8) is 0 Å². The van der Waals surface area contributed by atoms with Gasteiger partial charge in [0.1, 0.15) is 11.5 Å². The fourth-order valence-corrected chi connectivity index (χ4v) is 1.71. The lowest BCUT2D eigenvalue weighted by Gasteiger charge is -2.00. The average molecular weight is 224 g/mol. The van der Waals surface area contributed by atoms with E-state index in [-0.39, 0.29) is 11.7 Å². The molecule has 0 fully saturated rings. The highest BCUT2D eigenvalue weighted by atomic mass is 32.2. The number of halogens is 1. The summed E-state index contributed by atoms with van der Waals surface area (Å²) in [6.45, 7) is 0. The maximum Gasteiger partial charge on any atom is 0.222 e. The van der Waals surface area contributed by atoms with Crippen LogP contribution in [0.1, 0.15) is 0 Å². The van der Waals surface area contributed by atoms with Crippen molar-refractivity contribution in [3.05, 3.63) is 30.1 Å². The molecule has 15 heavy (non-hydrogen) atoms. The molecule has 2 rings (SSSR count). The number of benzene rings is 1. The minimum Gasteiger partial charge on any atom is -0.368 e. The molecular weight excluding hydrogens is 215 g/mol. The SMILES string of the molecule is CSc1ccc(-c2cc(N)on2)cc1F. The Balaban J connectivity index is 2.42. The molecule has 0 amide bonds. The molecule has 2 N–H and O–H groups in total. The molecule has 1 heterocycles. The highest BCUT2D eigenvalue weighted by Gasteiger charge is 2.07. The van der Waals surface area contributed by atoms with E-state index in [1.54, 1.807) is 18.2 Å². The average Bonchev–Trinajstić information content (AvgIpc) is 2.65. The van der Waals surface area contributed by atoms with Crippen molar-refractivity contribution in [1.82, 2.24) is 5.16 Å². The van der Waals surface area contributed by atoms with Crippen LogP contribution in [0.15, 0.2) is 33.7 Å². The van der Waals surface area contributed by atoms with Crippen LogP contribution in [0, 0.1) is 5.82 Å². The van der Waals surface area contributed by atoms with Gasteiger partial charge in [0.25, 0.3) is 0 Å². The van der Waals surface area contributed by atoms with Crippen LogP contribution >= 0.6 is 11.8 Å². The van der Waals surface area contributed by atoms with Gasteiger partial charge >= 0.3 is 0 Å². The van der Waals surface area contributed by atoms with E-state index in [0.717, 1.165) is 0 Å². The van der Waals surface area contributed by atoms with Gasteiger partial charge in [-0.15, -0.1) is 11.8 Å². The smallest absolute Gasteiger partial charge is 0.222 e. The van der Waals surface area contributed by atoms with E-state index in [9.17, 15) is 4.39 Å². The van der Waals surface area contributed by atoms with E-state index in [1.165, 1.54) is 17.8 Å². The largest absolute Gasteiger partial charge is 0.368 e. The normalized spacial score (nSPS) is 10.5. The summed E-state index contributed by atoms with van der Waals surface area (Å²) in [5.41, 5.74) is 6.58. The van der Waals surface area contributed by atoms with Crippen LogP contribution in [0.4, 0.5) is 10.3 Å². The predicted octanol–water partition coefficient (Wildman–Crippen LogP) is 2.78. The molecule has 0 saturated carbocycles. The molecule has 0 spiro atoms. The Morgan fingerprint density at radius 1 is 1.40 bits per heavy atom. The van der Waals surface area contributed by atoms with Gasteiger partial charge in [-0.3, -0.25) is 0 Å². The molecule has 0 unspecified atom stereocenters. The molecule has 3 nitrogen and oxygen atoms in total. The Kier molecular flexibility index (Phi) is 2.64. The zero-order chi connectivity index (χ0) is 10.8. The Morgan fingerprint density at radius 3 is 2.73 bits per heavy atom. The second kappa shape index (κ2) is 3.94. The van der Waals surface area contributed by atoms with Crippen LogP contribution in [0.3, 0.4) is 0 Å². The van der Waals surface area contributed by atoms with Crippen molar-refractivity contribution in [1.29, 1.82) is 0 Å². The molecule has 1 aromatic carbocycles. The number of nitrogen functional groups attached to an aromatic ring is 1. The Labute approximate surface area is 90.4 Å². The number of thioether (sulfide) groups is 1. The minimum absolute atomic E-state index is 0.222. The summed E-state index contributed by atoms with van der Waals surface area (Å²) in [5.74, 6) is -0.0408. The number of aromatic nitrogens is 1. The van der Waals surface area contributed by atoms with Gasteiger partial charge in [0.15, 0.2) is 0 Å². The van der Waals surface area contributed by atoms with Crippen molar-refractivity contribution in [3.8, 4) is 11.3 Å². The molecule has 78 valence electrons. The molecule has 1 aromatic heterocycles. The summed E-state index contributed by atoms with van der Waals surface area (Å²) in [5, 5.41) is 3.71. The van der Waals surface area contributed by atoms with Crippen LogP contribution in [-0.4, -0.2) is 11.4 Å². The van der Waals surface area contributed by atoms with Crippen molar-refractivity contribution < 1.29 is 8.91 Å². The van der Waals surface area contributed by atoms with Crippen LogP contribution in [0.2, 0.25) is 0 Å². The molecule has 0 saturated heterocycles. The van der Waals surface area contributed by atoms with E-state index in [2.05, 4.69) is 5.16 Å². The highest BCUT2D eigenvalue weighted by molar-refractivity contribution is 7.98. The topological polar surface area (TPSA) is 52.0 Å². The van der Waals surface area contributed by atoms with Crippen molar-refractivity contribution >= 4 is 17.6 Å². The van der Waals surface area contributed by atoms with Crippen molar-refractivity contribution in [2.24, 2.45) is 0 Å². The molecule has 5 heteroatoms. The van der Waals surface area contributed by atoms with Gasteiger partial charge in [0, 0.05) is 16.5 Å². The third-order valence-corrected chi connectivity index (χ3v) is 2.75. The van der Waals surface area contributed by atoms with Gasteiger partial charge in [-0.05, 0) is 18.4 Å². The fourth-order valence-electron chi connectivity index (χ4n) is 1.25. The number of hydrogen-bond donors (Lipinski definition) is 1. The molecule has 0 aliphatic carbocycles. The summed E-state index contributed by atoms with van der Waals surface area (Å²) < 4.78 is 18.1. The molecule has 2 aromatic rings. The molecular formula is C10H9FN2OS. The van der Waals surface area contributed by atoms with Crippen LogP contribution in [0.5, 0.6) is 0 Å². The lowest BCUT2D eigenvalue weighted by atomic mass is 10.1. The van der Waals surface area contributed by atoms with Crippen molar-refractivity contribution in [2.75, 3.05) is 12.0 Å². The second-order valence-electron chi connectivity index (χ2n) is 2.96. The van der Waals surface area contributed by atoms with Gasteiger partial charge in [-0.25, -0.2) is 4.39 Å². The summed E-state index contributed by atoms with van der Waals surface area (Å²) in [6, 6.07) is 6.48. The summed E-state index contributed by atoms with van der Waals surface area (Å²) in [4.78, 5) is 0.607. The van der Waals surface area contributed by atoms with Gasteiger partial charge in [0.2, 0.25) is 5.88 Å². The molecule has 0 aliphatic heterocycles. The summed E-state index contributed by atoms with van der Waals surface area (Å²) in [6.07, 6.45) is 1.83. The summed E-state index contributed by atoms with van der Waals surface area (Å²) in [7, 11) is 0. The highest BCUT2D eigenvalue weighted by Crippen LogP contribution is 2.26. The maximum absolute atomic E-state index is 13.4. The Bertz CT molecular complexity index is 484. The van der Waals surface area contributed by atoms with E-state index in [0.29, 0.717) is 16.2 Å². The van der Waals surface area contributed by atoms with Crippen LogP contribution < -0.4 is 5.73 Å². The Hall–Kier alpha value is -1.49. The van der Waals surface area contributed by atoms with Gasteiger partial charge in [0.05, 0.1) is 0 Å². The standard InChI is InChI=1S/C10H9FN2OS/c1-15-9-3-2-6(4-7(9)11)8-5-10(12)14-13-8/h2-5H,12H2,1H3. The molecule has 0 aliphatic rings. The van der Waals surface area contributed by atoms with Crippen molar-refractivity contribution in [2.45, 2.75) is 4.90 Å². The third kappa shape index (κ3) is 1.97. The quantitative estimate of drug-likeness (QED) is 0.797. The van der Waals surface area contributed by atoms with E-state index in [1.807, 2.05) is 6.26 Å². The minimum atomic E-state index is -0.262. The first-order valence-corrected chi connectivity index (χ1v) is 5.49. The predicted molar refractivity (Wildman–Crippen MR) is 58.1 cm³/mol. The number of rotatable bonds is 2. The van der Waals surface area contributed by atoms with E-state index < -0.39 is 0 Å². The van der Waals surface area contributed by atoms with Gasteiger partial charge in [-0.1, -0.05) is 11.2 Å². The number of nitrogens with zero attached hydrogens (tertiary/aromatic N) is 1. The van der Waals surface area contributed by atoms with E-state index >= 15 is 0 Å². The van der Waals surface area contributed by atoms with E-state index in [4.69, 9.17) is 10.3 Å². The van der Waals surface area contributed by atoms with Gasteiger partial charge < -0.3 is 10.3 Å².